The summed E-state index contributed by atoms with van der Waals surface area (Å²) in [7, 11) is 0. The average molecular weight is 551 g/mol. The van der Waals surface area contributed by atoms with Crippen LogP contribution < -0.4 is 15.5 Å². The van der Waals surface area contributed by atoms with Gasteiger partial charge in [0.15, 0.2) is 0 Å². The largest absolute Gasteiger partial charge is 0.356 e. The molecule has 202 valence electrons. The Morgan fingerprint density at radius 2 is 1.89 bits per heavy atom. The molecule has 3 aliphatic rings. The molecule has 9 nitrogen and oxygen atoms in total. The second-order valence-electron chi connectivity index (χ2n) is 10.2. The molecule has 1 unspecified atom stereocenters. The number of hydrogen-bond acceptors (Lipinski definition) is 8. The molecule has 1 aromatic heterocycles. The normalized spacial score (nSPS) is 22.5. The molecule has 0 saturated carbocycles. The lowest BCUT2D eigenvalue weighted by molar-refractivity contribution is -0.125. The SMILES string of the molecule is Cl.Cl.N#Cc1ccc(-c2noc(N3CCC(C(=O)NCC4CCN(C[C@H]5CCCNC5)C4)CC3)n2)cc1. The fourth-order valence-corrected chi connectivity index (χ4v) is 5.57. The first-order chi connectivity index (χ1) is 17.2. The molecule has 3 fully saturated rings. The van der Waals surface area contributed by atoms with Crippen LogP contribution in [0.4, 0.5) is 6.01 Å². The third-order valence-corrected chi connectivity index (χ3v) is 7.67. The van der Waals surface area contributed by atoms with Gasteiger partial charge in [0, 0.05) is 44.2 Å². The Hall–Kier alpha value is -2.38. The van der Waals surface area contributed by atoms with Crippen molar-refractivity contribution in [2.75, 3.05) is 57.3 Å². The summed E-state index contributed by atoms with van der Waals surface area (Å²) in [4.78, 5) is 22.0. The van der Waals surface area contributed by atoms with Crippen LogP contribution in [0.25, 0.3) is 11.4 Å². The van der Waals surface area contributed by atoms with Gasteiger partial charge in [-0.05, 0) is 87.8 Å². The number of carbonyl (C=O) groups excluding carboxylic acids is 1. The van der Waals surface area contributed by atoms with Crippen molar-refractivity contribution < 1.29 is 9.32 Å². The van der Waals surface area contributed by atoms with E-state index in [0.29, 0.717) is 23.3 Å². The monoisotopic (exact) mass is 549 g/mol. The predicted octanol–water partition coefficient (Wildman–Crippen LogP) is 3.11. The van der Waals surface area contributed by atoms with Gasteiger partial charge in [0.05, 0.1) is 11.6 Å². The molecule has 5 rings (SSSR count). The van der Waals surface area contributed by atoms with Crippen molar-refractivity contribution in [2.24, 2.45) is 17.8 Å². The number of hydrogen-bond donors (Lipinski definition) is 2. The van der Waals surface area contributed by atoms with Crippen molar-refractivity contribution in [1.29, 1.82) is 5.26 Å². The molecule has 2 aromatic rings. The molecule has 0 radical (unpaired) electrons. The van der Waals surface area contributed by atoms with Crippen molar-refractivity contribution in [3.63, 3.8) is 0 Å². The van der Waals surface area contributed by atoms with Gasteiger partial charge in [-0.3, -0.25) is 4.79 Å². The van der Waals surface area contributed by atoms with Gasteiger partial charge in [-0.15, -0.1) is 24.8 Å². The number of benzene rings is 1. The van der Waals surface area contributed by atoms with Crippen LogP contribution in [0.3, 0.4) is 0 Å². The van der Waals surface area contributed by atoms with Gasteiger partial charge >= 0.3 is 6.01 Å². The van der Waals surface area contributed by atoms with E-state index >= 15 is 0 Å². The van der Waals surface area contributed by atoms with Crippen LogP contribution in [0.2, 0.25) is 0 Å². The Labute approximate surface area is 231 Å². The van der Waals surface area contributed by atoms with Crippen molar-refractivity contribution in [1.82, 2.24) is 25.7 Å². The molecule has 2 N–H and O–H groups in total. The summed E-state index contributed by atoms with van der Waals surface area (Å²) in [6.45, 7) is 8.00. The number of amides is 1. The number of halogens is 2. The summed E-state index contributed by atoms with van der Waals surface area (Å²) in [5.41, 5.74) is 1.41. The van der Waals surface area contributed by atoms with Gasteiger partial charge in [0.2, 0.25) is 11.7 Å². The first kappa shape index (κ1) is 29.2. The fraction of sp³-hybridized carbons (Fsp3) is 0.615. The molecule has 2 atom stereocenters. The van der Waals surface area contributed by atoms with Crippen LogP contribution in [0.5, 0.6) is 0 Å². The summed E-state index contributed by atoms with van der Waals surface area (Å²) in [5.74, 6) is 2.08. The third-order valence-electron chi connectivity index (χ3n) is 7.67. The fourth-order valence-electron chi connectivity index (χ4n) is 5.57. The van der Waals surface area contributed by atoms with Crippen LogP contribution in [0, 0.1) is 29.1 Å². The molecule has 3 saturated heterocycles. The Kier molecular flexibility index (Phi) is 11.0. The number of anilines is 1. The molecule has 1 aromatic carbocycles. The van der Waals surface area contributed by atoms with Crippen molar-refractivity contribution in [2.45, 2.75) is 32.1 Å². The van der Waals surface area contributed by atoms with Gasteiger partial charge in [0.1, 0.15) is 0 Å². The lowest BCUT2D eigenvalue weighted by Gasteiger charge is -2.30. The van der Waals surface area contributed by atoms with E-state index in [2.05, 4.69) is 36.6 Å². The quantitative estimate of drug-likeness (QED) is 0.542. The average Bonchev–Trinajstić information content (AvgIpc) is 3.58. The first-order valence-corrected chi connectivity index (χ1v) is 13.0. The third kappa shape index (κ3) is 7.57. The maximum atomic E-state index is 12.8. The summed E-state index contributed by atoms with van der Waals surface area (Å²) >= 11 is 0. The number of likely N-dealkylation sites (tertiary alicyclic amines) is 1. The molecular weight excluding hydrogens is 513 g/mol. The number of nitrogens with zero attached hydrogens (tertiary/aromatic N) is 5. The molecule has 37 heavy (non-hydrogen) atoms. The number of piperidine rings is 2. The predicted molar refractivity (Wildman–Crippen MR) is 147 cm³/mol. The lowest BCUT2D eigenvalue weighted by Crippen LogP contribution is -2.42. The second-order valence-corrected chi connectivity index (χ2v) is 10.2. The highest BCUT2D eigenvalue weighted by Gasteiger charge is 2.29. The molecular formula is C26H37Cl2N7O2. The zero-order valence-corrected chi connectivity index (χ0v) is 22.7. The summed E-state index contributed by atoms with van der Waals surface area (Å²) in [5, 5.41) is 19.8. The van der Waals surface area contributed by atoms with E-state index in [4.69, 9.17) is 9.78 Å². The van der Waals surface area contributed by atoms with Gasteiger partial charge in [-0.1, -0.05) is 5.16 Å². The Morgan fingerprint density at radius 3 is 2.59 bits per heavy atom. The standard InChI is InChI=1S/C26H35N7O2.2ClH/c27-14-19-3-5-22(6-4-19)24-30-26(35-31-24)33-12-8-23(9-13-33)25(34)29-16-21-7-11-32(18-21)17-20-2-1-10-28-15-20;;/h3-6,20-21,23,28H,1-2,7-13,15-18H2,(H,29,34);2*1H/t20-,21?;;/m0../s1. The maximum Gasteiger partial charge on any atom is 0.324 e. The molecule has 0 bridgehead atoms. The van der Waals surface area contributed by atoms with Gasteiger partial charge in [-0.25, -0.2) is 0 Å². The number of nitrogens with one attached hydrogen (secondary N) is 2. The zero-order valence-electron chi connectivity index (χ0n) is 21.1. The van der Waals surface area contributed by atoms with E-state index in [1.54, 1.807) is 12.1 Å². The molecule has 0 spiro atoms. The number of aromatic nitrogens is 2. The van der Waals surface area contributed by atoms with E-state index in [1.807, 2.05) is 12.1 Å². The number of carbonyl (C=O) groups is 1. The van der Waals surface area contributed by atoms with Crippen LogP contribution in [-0.2, 0) is 4.79 Å². The molecule has 11 heteroatoms. The summed E-state index contributed by atoms with van der Waals surface area (Å²) in [6.07, 6.45) is 5.38. The Morgan fingerprint density at radius 1 is 1.11 bits per heavy atom. The second kappa shape index (κ2) is 14.0. The molecule has 0 aliphatic carbocycles. The van der Waals surface area contributed by atoms with Crippen molar-refractivity contribution in [3.05, 3.63) is 29.8 Å². The van der Waals surface area contributed by atoms with E-state index < -0.39 is 0 Å². The van der Waals surface area contributed by atoms with E-state index in [1.165, 1.54) is 32.4 Å². The van der Waals surface area contributed by atoms with Crippen LogP contribution in [0.1, 0.15) is 37.7 Å². The highest BCUT2D eigenvalue weighted by Crippen LogP contribution is 2.25. The van der Waals surface area contributed by atoms with Crippen molar-refractivity contribution in [3.8, 4) is 17.5 Å². The van der Waals surface area contributed by atoms with E-state index in [0.717, 1.165) is 63.6 Å². The van der Waals surface area contributed by atoms with Crippen molar-refractivity contribution >= 4 is 36.7 Å². The highest BCUT2D eigenvalue weighted by molar-refractivity contribution is 5.85. The summed E-state index contributed by atoms with van der Waals surface area (Å²) in [6, 6.07) is 9.72. The minimum atomic E-state index is 0. The molecule has 4 heterocycles. The van der Waals surface area contributed by atoms with E-state index in [9.17, 15) is 4.79 Å². The molecule has 1 amide bonds. The minimum absolute atomic E-state index is 0. The smallest absolute Gasteiger partial charge is 0.324 e. The maximum absolute atomic E-state index is 12.8. The van der Waals surface area contributed by atoms with Gasteiger partial charge < -0.3 is 25.0 Å². The Bertz CT molecular complexity index is 1030. The number of nitriles is 1. The highest BCUT2D eigenvalue weighted by atomic mass is 35.5. The topological polar surface area (TPSA) is 110 Å². The van der Waals surface area contributed by atoms with Crippen LogP contribution in [-0.4, -0.2) is 73.3 Å². The zero-order chi connectivity index (χ0) is 24.0. The number of rotatable bonds is 7. The van der Waals surface area contributed by atoms with E-state index in [-0.39, 0.29) is 36.6 Å². The molecule has 3 aliphatic heterocycles. The lowest BCUT2D eigenvalue weighted by atomic mass is 9.96. The van der Waals surface area contributed by atoms with Gasteiger partial charge in [-0.2, -0.15) is 10.2 Å². The summed E-state index contributed by atoms with van der Waals surface area (Å²) < 4.78 is 5.48. The Balaban J connectivity index is 0.00000190. The van der Waals surface area contributed by atoms with Crippen LogP contribution in [0.15, 0.2) is 28.8 Å². The first-order valence-electron chi connectivity index (χ1n) is 13.0. The van der Waals surface area contributed by atoms with Crippen LogP contribution >= 0.6 is 24.8 Å². The van der Waals surface area contributed by atoms with Gasteiger partial charge in [0.25, 0.3) is 0 Å². The minimum Gasteiger partial charge on any atom is -0.356 e.